The Kier molecular flexibility index (Phi) is 4.47. The molecule has 120 valence electrons. The van der Waals surface area contributed by atoms with Gasteiger partial charge in [-0.25, -0.2) is 4.98 Å². The van der Waals surface area contributed by atoms with E-state index < -0.39 is 0 Å². The summed E-state index contributed by atoms with van der Waals surface area (Å²) in [6.07, 6.45) is 4.99. The third-order valence-electron chi connectivity index (χ3n) is 3.63. The Balaban J connectivity index is 2.27. The van der Waals surface area contributed by atoms with Crippen LogP contribution < -0.4 is 4.74 Å². The third kappa shape index (κ3) is 2.52. The average molecular weight is 358 g/mol. The Hall–Kier alpha value is -2.49. The van der Waals surface area contributed by atoms with Gasteiger partial charge in [0.2, 0.25) is 0 Å². The number of fused-ring (bicyclic) bond motifs is 1. The van der Waals surface area contributed by atoms with Gasteiger partial charge >= 0.3 is 0 Å². The van der Waals surface area contributed by atoms with E-state index in [2.05, 4.69) is 11.1 Å². The molecule has 2 aromatic heterocycles. The second-order valence-corrected chi connectivity index (χ2v) is 6.04. The molecule has 24 heavy (non-hydrogen) atoms. The molecule has 0 unspecified atom stereocenters. The second-order valence-electron chi connectivity index (χ2n) is 4.86. The molecule has 3 rings (SSSR count). The van der Waals surface area contributed by atoms with Gasteiger partial charge in [-0.15, -0.1) is 11.8 Å². The summed E-state index contributed by atoms with van der Waals surface area (Å²) in [5.41, 5.74) is 1.57. The van der Waals surface area contributed by atoms with Crippen molar-refractivity contribution in [3.8, 4) is 11.8 Å². The van der Waals surface area contributed by atoms with Crippen LogP contribution >= 0.6 is 23.4 Å². The summed E-state index contributed by atoms with van der Waals surface area (Å²) in [7, 11) is 1.56. The monoisotopic (exact) mass is 357 g/mol. The normalized spacial score (nSPS) is 10.6. The summed E-state index contributed by atoms with van der Waals surface area (Å²) in [6.45, 7) is 0. The number of thioether (sulfide) groups is 1. The largest absolute Gasteiger partial charge is 0.497 e. The minimum Gasteiger partial charge on any atom is -0.497 e. The van der Waals surface area contributed by atoms with Gasteiger partial charge in [0.05, 0.1) is 12.7 Å². The quantitative estimate of drug-likeness (QED) is 0.403. The van der Waals surface area contributed by atoms with Gasteiger partial charge in [0.25, 0.3) is 0 Å². The predicted octanol–water partition coefficient (Wildman–Crippen LogP) is 3.82. The Bertz CT molecular complexity index is 974. The maximum absolute atomic E-state index is 13.1. The lowest BCUT2D eigenvalue weighted by Crippen LogP contribution is -2.09. The summed E-state index contributed by atoms with van der Waals surface area (Å²) >= 11 is 7.59. The molecule has 5 nitrogen and oxygen atoms in total. The SMILES string of the molecule is COc1ccc(C(=O)c2c(SC)c(C#N)c(Cl)n3ccnc23)cc1. The van der Waals surface area contributed by atoms with Gasteiger partial charge < -0.3 is 4.74 Å². The molecule has 0 spiro atoms. The van der Waals surface area contributed by atoms with Gasteiger partial charge in [-0.1, -0.05) is 11.6 Å². The number of halogens is 1. The fourth-order valence-electron chi connectivity index (χ4n) is 2.48. The van der Waals surface area contributed by atoms with Crippen LogP contribution in [0.25, 0.3) is 5.65 Å². The van der Waals surface area contributed by atoms with Gasteiger partial charge in [-0.05, 0) is 30.5 Å². The highest BCUT2D eigenvalue weighted by Gasteiger charge is 2.24. The average Bonchev–Trinajstić information content (AvgIpc) is 3.10. The number of aromatic nitrogens is 2. The Morgan fingerprint density at radius 2 is 2.08 bits per heavy atom. The zero-order chi connectivity index (χ0) is 17.3. The predicted molar refractivity (Wildman–Crippen MR) is 93.1 cm³/mol. The Labute approximate surface area is 147 Å². The van der Waals surface area contributed by atoms with Crippen LogP contribution in [-0.2, 0) is 0 Å². The highest BCUT2D eigenvalue weighted by molar-refractivity contribution is 7.98. The maximum Gasteiger partial charge on any atom is 0.197 e. The summed E-state index contributed by atoms with van der Waals surface area (Å²) in [5, 5.41) is 9.71. The van der Waals surface area contributed by atoms with E-state index in [1.165, 1.54) is 11.8 Å². The van der Waals surface area contributed by atoms with E-state index in [1.54, 1.807) is 54.4 Å². The summed E-state index contributed by atoms with van der Waals surface area (Å²) in [4.78, 5) is 17.8. The van der Waals surface area contributed by atoms with Gasteiger partial charge in [-0.3, -0.25) is 9.20 Å². The molecular weight excluding hydrogens is 346 g/mol. The van der Waals surface area contributed by atoms with Gasteiger partial charge in [-0.2, -0.15) is 5.26 Å². The molecule has 2 heterocycles. The molecule has 3 aromatic rings. The molecule has 0 saturated heterocycles. The van der Waals surface area contributed by atoms with E-state index in [-0.39, 0.29) is 16.5 Å². The van der Waals surface area contributed by atoms with Crippen molar-refractivity contribution in [1.29, 1.82) is 5.26 Å². The van der Waals surface area contributed by atoms with Crippen molar-refractivity contribution in [2.75, 3.05) is 13.4 Å². The van der Waals surface area contributed by atoms with Crippen LogP contribution in [0.5, 0.6) is 5.75 Å². The Morgan fingerprint density at radius 1 is 1.38 bits per heavy atom. The number of ether oxygens (including phenoxy) is 1. The number of methoxy groups -OCH3 is 1. The van der Waals surface area contributed by atoms with Crippen LogP contribution in [0, 0.1) is 11.3 Å². The topological polar surface area (TPSA) is 67.4 Å². The molecule has 0 aliphatic carbocycles. The third-order valence-corrected chi connectivity index (χ3v) is 4.82. The number of benzene rings is 1. The number of imidazole rings is 1. The lowest BCUT2D eigenvalue weighted by atomic mass is 10.0. The molecule has 0 aliphatic rings. The van der Waals surface area contributed by atoms with Crippen LogP contribution in [0.4, 0.5) is 0 Å². The highest BCUT2D eigenvalue weighted by atomic mass is 35.5. The first-order valence-corrected chi connectivity index (χ1v) is 8.54. The minimum atomic E-state index is -0.216. The van der Waals surface area contributed by atoms with Crippen LogP contribution in [0.2, 0.25) is 5.15 Å². The van der Waals surface area contributed by atoms with Crippen molar-refractivity contribution in [3.63, 3.8) is 0 Å². The molecule has 0 fully saturated rings. The Morgan fingerprint density at radius 3 is 2.67 bits per heavy atom. The summed E-state index contributed by atoms with van der Waals surface area (Å²) < 4.78 is 6.67. The number of hydrogen-bond acceptors (Lipinski definition) is 5. The van der Waals surface area contributed by atoms with E-state index >= 15 is 0 Å². The standard InChI is InChI=1S/C17H12ClN3O2S/c1-23-11-5-3-10(4-6-11)14(22)13-15(24-2)12(9-19)16(18)21-8-7-20-17(13)21/h3-8H,1-2H3. The number of nitrogens with zero attached hydrogens (tertiary/aromatic N) is 3. The van der Waals surface area contributed by atoms with Crippen molar-refractivity contribution < 1.29 is 9.53 Å². The van der Waals surface area contributed by atoms with Crippen molar-refractivity contribution in [2.24, 2.45) is 0 Å². The van der Waals surface area contributed by atoms with E-state index in [1.807, 2.05) is 0 Å². The van der Waals surface area contributed by atoms with Crippen molar-refractivity contribution >= 4 is 34.8 Å². The number of pyridine rings is 1. The molecule has 1 aromatic carbocycles. The van der Waals surface area contributed by atoms with Crippen molar-refractivity contribution in [3.05, 3.63) is 58.5 Å². The number of nitriles is 1. The number of carbonyl (C=O) groups excluding carboxylic acids is 1. The zero-order valence-corrected chi connectivity index (χ0v) is 14.5. The molecule has 0 N–H and O–H groups in total. The minimum absolute atomic E-state index is 0.216. The van der Waals surface area contributed by atoms with Gasteiger partial charge in [0, 0.05) is 22.9 Å². The molecule has 0 bridgehead atoms. The fourth-order valence-corrected chi connectivity index (χ4v) is 3.54. The number of carbonyl (C=O) groups is 1. The van der Waals surface area contributed by atoms with E-state index in [0.29, 0.717) is 27.4 Å². The molecule has 0 radical (unpaired) electrons. The molecular formula is C17H12ClN3O2S. The molecule has 0 amide bonds. The molecule has 0 atom stereocenters. The van der Waals surface area contributed by atoms with Crippen LogP contribution in [-0.4, -0.2) is 28.5 Å². The maximum atomic E-state index is 13.1. The fraction of sp³-hybridized carbons (Fsp3) is 0.118. The summed E-state index contributed by atoms with van der Waals surface area (Å²) in [5.74, 6) is 0.447. The van der Waals surface area contributed by atoms with E-state index in [9.17, 15) is 10.1 Å². The zero-order valence-electron chi connectivity index (χ0n) is 12.9. The summed E-state index contributed by atoms with van der Waals surface area (Å²) in [6, 6.07) is 8.90. The lowest BCUT2D eigenvalue weighted by Gasteiger charge is -2.13. The van der Waals surface area contributed by atoms with Crippen molar-refractivity contribution in [1.82, 2.24) is 9.38 Å². The highest BCUT2D eigenvalue weighted by Crippen LogP contribution is 2.34. The van der Waals surface area contributed by atoms with Crippen LogP contribution in [0.15, 0.2) is 41.6 Å². The van der Waals surface area contributed by atoms with Gasteiger partial charge in [0.1, 0.15) is 28.2 Å². The lowest BCUT2D eigenvalue weighted by molar-refractivity contribution is 0.103. The molecule has 0 aliphatic heterocycles. The molecule has 0 saturated carbocycles. The first-order chi connectivity index (χ1) is 11.6. The van der Waals surface area contributed by atoms with E-state index in [4.69, 9.17) is 16.3 Å². The van der Waals surface area contributed by atoms with Gasteiger partial charge in [0.15, 0.2) is 5.78 Å². The first-order valence-electron chi connectivity index (χ1n) is 6.93. The van der Waals surface area contributed by atoms with Crippen LogP contribution in [0.1, 0.15) is 21.5 Å². The number of hydrogen-bond donors (Lipinski definition) is 0. The second kappa shape index (κ2) is 6.56. The van der Waals surface area contributed by atoms with Crippen LogP contribution in [0.3, 0.4) is 0 Å². The smallest absolute Gasteiger partial charge is 0.197 e. The van der Waals surface area contributed by atoms with Crippen molar-refractivity contribution in [2.45, 2.75) is 4.90 Å². The van der Waals surface area contributed by atoms with E-state index in [0.717, 1.165) is 0 Å². The first kappa shape index (κ1) is 16.4. The number of ketones is 1. The molecule has 7 heteroatoms. The number of rotatable bonds is 4.